The Bertz CT molecular complexity index is 1110. The Hall–Kier alpha value is -2.95. The second-order valence-corrected chi connectivity index (χ2v) is 8.98. The van der Waals surface area contributed by atoms with Gasteiger partial charge in [-0.3, -0.25) is 4.79 Å². The van der Waals surface area contributed by atoms with Gasteiger partial charge in [-0.25, -0.2) is 13.8 Å². The third kappa shape index (κ3) is 4.71. The van der Waals surface area contributed by atoms with Gasteiger partial charge in [0.15, 0.2) is 11.5 Å². The zero-order chi connectivity index (χ0) is 21.8. The van der Waals surface area contributed by atoms with Gasteiger partial charge in [0.2, 0.25) is 10.0 Å². The summed E-state index contributed by atoms with van der Waals surface area (Å²) in [5.41, 5.74) is 4.03. The van der Waals surface area contributed by atoms with Gasteiger partial charge in [0.05, 0.1) is 23.8 Å². The van der Waals surface area contributed by atoms with E-state index in [9.17, 15) is 13.2 Å². The molecule has 2 aromatic carbocycles. The van der Waals surface area contributed by atoms with Crippen LogP contribution in [0.15, 0.2) is 52.5 Å². The van der Waals surface area contributed by atoms with Crippen molar-refractivity contribution in [2.24, 2.45) is 5.10 Å². The van der Waals surface area contributed by atoms with Crippen LogP contribution in [0.3, 0.4) is 0 Å². The molecule has 0 unspecified atom stereocenters. The molecule has 9 nitrogen and oxygen atoms in total. The first-order chi connectivity index (χ1) is 14.9. The number of rotatable bonds is 5. The van der Waals surface area contributed by atoms with Crippen LogP contribution < -0.4 is 14.9 Å². The van der Waals surface area contributed by atoms with E-state index in [4.69, 9.17) is 14.2 Å². The van der Waals surface area contributed by atoms with Crippen LogP contribution in [-0.2, 0) is 14.8 Å². The Balaban J connectivity index is 1.48. The number of hydrogen-bond acceptors (Lipinski definition) is 7. The van der Waals surface area contributed by atoms with Crippen LogP contribution in [0.25, 0.3) is 0 Å². The number of morpholine rings is 1. The summed E-state index contributed by atoms with van der Waals surface area (Å²) < 4.78 is 43.3. The molecule has 2 heterocycles. The fraction of sp³-hybridized carbons (Fsp3) is 0.333. The summed E-state index contributed by atoms with van der Waals surface area (Å²) in [7, 11) is -3.69. The van der Waals surface area contributed by atoms with Crippen molar-refractivity contribution in [3.8, 4) is 11.5 Å². The van der Waals surface area contributed by atoms with Gasteiger partial charge < -0.3 is 14.2 Å². The number of fused-ring (bicyclic) bond motifs is 1. The van der Waals surface area contributed by atoms with Gasteiger partial charge in [-0.15, -0.1) is 0 Å². The molecule has 0 aromatic heterocycles. The summed E-state index contributed by atoms with van der Waals surface area (Å²) in [6.45, 7) is 4.03. The summed E-state index contributed by atoms with van der Waals surface area (Å²) in [4.78, 5) is 12.6. The van der Waals surface area contributed by atoms with Crippen molar-refractivity contribution in [1.29, 1.82) is 0 Å². The van der Waals surface area contributed by atoms with Crippen LogP contribution in [0.4, 0.5) is 0 Å². The van der Waals surface area contributed by atoms with Crippen LogP contribution in [0.2, 0.25) is 0 Å². The van der Waals surface area contributed by atoms with Gasteiger partial charge in [-0.05, 0) is 43.3 Å². The quantitative estimate of drug-likeness (QED) is 0.554. The number of sulfonamides is 1. The molecule has 2 aromatic rings. The lowest BCUT2D eigenvalue weighted by atomic mass is 10.1. The number of amides is 1. The number of hydrazone groups is 1. The number of benzene rings is 2. The van der Waals surface area contributed by atoms with E-state index in [1.54, 1.807) is 31.2 Å². The summed E-state index contributed by atoms with van der Waals surface area (Å²) in [5, 5.41) is 4.15. The minimum absolute atomic E-state index is 0.0644. The summed E-state index contributed by atoms with van der Waals surface area (Å²) >= 11 is 0. The van der Waals surface area contributed by atoms with E-state index in [0.29, 0.717) is 43.6 Å². The van der Waals surface area contributed by atoms with Crippen LogP contribution in [0.5, 0.6) is 11.5 Å². The SMILES string of the molecule is C/C(=N/NC(=O)c1cccc(S(=O)(=O)N2CCOCC2)c1)c1ccc2c(c1)OCCO2. The average Bonchev–Trinajstić information content (AvgIpc) is 2.82. The van der Waals surface area contributed by atoms with Gasteiger partial charge >= 0.3 is 0 Å². The molecule has 1 amide bonds. The van der Waals surface area contributed by atoms with Crippen molar-refractivity contribution >= 4 is 21.6 Å². The second kappa shape index (κ2) is 9.04. The highest BCUT2D eigenvalue weighted by atomic mass is 32.2. The number of nitrogens with one attached hydrogen (secondary N) is 1. The molecule has 4 rings (SSSR count). The van der Waals surface area contributed by atoms with E-state index in [-0.39, 0.29) is 23.5 Å². The first kappa shape index (κ1) is 21.3. The highest BCUT2D eigenvalue weighted by Crippen LogP contribution is 2.30. The third-order valence-electron chi connectivity index (χ3n) is 4.99. The minimum Gasteiger partial charge on any atom is -0.486 e. The Morgan fingerprint density at radius 2 is 1.71 bits per heavy atom. The molecular weight excluding hydrogens is 422 g/mol. The van der Waals surface area contributed by atoms with Gasteiger partial charge in [0.25, 0.3) is 5.91 Å². The largest absolute Gasteiger partial charge is 0.486 e. The lowest BCUT2D eigenvalue weighted by molar-refractivity contribution is 0.0730. The summed E-state index contributed by atoms with van der Waals surface area (Å²) in [6.07, 6.45) is 0. The Kier molecular flexibility index (Phi) is 6.21. The van der Waals surface area contributed by atoms with E-state index < -0.39 is 15.9 Å². The molecule has 0 spiro atoms. The molecule has 31 heavy (non-hydrogen) atoms. The van der Waals surface area contributed by atoms with E-state index >= 15 is 0 Å². The van der Waals surface area contributed by atoms with Crippen molar-refractivity contribution in [1.82, 2.24) is 9.73 Å². The normalized spacial score (nSPS) is 17.3. The van der Waals surface area contributed by atoms with Crippen molar-refractivity contribution in [3.05, 3.63) is 53.6 Å². The molecule has 2 aliphatic rings. The number of ether oxygens (including phenoxy) is 3. The molecule has 1 saturated heterocycles. The predicted molar refractivity (Wildman–Crippen MR) is 113 cm³/mol. The standard InChI is InChI=1S/C21H23N3O6S/c1-15(16-5-6-19-20(14-16)30-12-11-29-19)22-23-21(25)17-3-2-4-18(13-17)31(26,27)24-7-9-28-10-8-24/h2-6,13-14H,7-12H2,1H3,(H,23,25)/b22-15-. The first-order valence-electron chi connectivity index (χ1n) is 9.88. The lowest BCUT2D eigenvalue weighted by Crippen LogP contribution is -2.40. The van der Waals surface area contributed by atoms with Crippen molar-refractivity contribution in [3.63, 3.8) is 0 Å². The molecule has 0 bridgehead atoms. The molecule has 2 aliphatic heterocycles. The fourth-order valence-corrected chi connectivity index (χ4v) is 4.72. The summed E-state index contributed by atoms with van der Waals surface area (Å²) in [6, 6.07) is 11.3. The highest BCUT2D eigenvalue weighted by molar-refractivity contribution is 7.89. The number of hydrogen-bond donors (Lipinski definition) is 1. The van der Waals surface area contributed by atoms with Crippen molar-refractivity contribution < 1.29 is 27.4 Å². The van der Waals surface area contributed by atoms with E-state index in [2.05, 4.69) is 10.5 Å². The molecule has 1 fully saturated rings. The zero-order valence-corrected chi connectivity index (χ0v) is 17.9. The van der Waals surface area contributed by atoms with E-state index in [0.717, 1.165) is 5.56 Å². The number of carbonyl (C=O) groups is 1. The van der Waals surface area contributed by atoms with Gasteiger partial charge in [0, 0.05) is 24.2 Å². The Morgan fingerprint density at radius 3 is 2.48 bits per heavy atom. The monoisotopic (exact) mass is 445 g/mol. The zero-order valence-electron chi connectivity index (χ0n) is 17.0. The van der Waals surface area contributed by atoms with Crippen molar-refractivity contribution in [2.75, 3.05) is 39.5 Å². The highest BCUT2D eigenvalue weighted by Gasteiger charge is 2.26. The number of carbonyl (C=O) groups excluding carboxylic acids is 1. The molecule has 0 atom stereocenters. The number of nitrogens with zero attached hydrogens (tertiary/aromatic N) is 2. The van der Waals surface area contributed by atoms with Gasteiger partial charge in [-0.2, -0.15) is 9.41 Å². The maximum Gasteiger partial charge on any atom is 0.271 e. The van der Waals surface area contributed by atoms with Crippen LogP contribution in [0.1, 0.15) is 22.8 Å². The molecule has 0 saturated carbocycles. The molecule has 0 radical (unpaired) electrons. The second-order valence-electron chi connectivity index (χ2n) is 7.04. The molecule has 1 N–H and O–H groups in total. The first-order valence-corrected chi connectivity index (χ1v) is 11.3. The molecular formula is C21H23N3O6S. The van der Waals surface area contributed by atoms with Crippen LogP contribution in [-0.4, -0.2) is 63.9 Å². The van der Waals surface area contributed by atoms with Gasteiger partial charge in [0.1, 0.15) is 13.2 Å². The van der Waals surface area contributed by atoms with E-state index in [1.165, 1.54) is 16.4 Å². The average molecular weight is 445 g/mol. The minimum atomic E-state index is -3.69. The smallest absolute Gasteiger partial charge is 0.271 e. The lowest BCUT2D eigenvalue weighted by Gasteiger charge is -2.26. The molecule has 164 valence electrons. The fourth-order valence-electron chi connectivity index (χ4n) is 3.27. The molecule has 10 heteroatoms. The summed E-state index contributed by atoms with van der Waals surface area (Å²) in [5.74, 6) is 0.798. The van der Waals surface area contributed by atoms with E-state index in [1.807, 2.05) is 6.07 Å². The maximum absolute atomic E-state index is 12.8. The van der Waals surface area contributed by atoms with Crippen LogP contribution >= 0.6 is 0 Å². The topological polar surface area (TPSA) is 107 Å². The third-order valence-corrected chi connectivity index (χ3v) is 6.88. The Morgan fingerprint density at radius 1 is 0.968 bits per heavy atom. The predicted octanol–water partition coefficient (Wildman–Crippen LogP) is 1.63. The Labute approximate surface area is 180 Å². The van der Waals surface area contributed by atoms with Gasteiger partial charge in [-0.1, -0.05) is 6.07 Å². The molecule has 0 aliphatic carbocycles. The maximum atomic E-state index is 12.8. The van der Waals surface area contributed by atoms with Crippen molar-refractivity contribution in [2.45, 2.75) is 11.8 Å². The van der Waals surface area contributed by atoms with Crippen LogP contribution in [0, 0.1) is 0 Å².